The van der Waals surface area contributed by atoms with Crippen molar-refractivity contribution >= 4 is 5.91 Å². The minimum Gasteiger partial charge on any atom is -0.416 e. The fourth-order valence-electron chi connectivity index (χ4n) is 3.32. The van der Waals surface area contributed by atoms with E-state index in [1.165, 1.54) is 0 Å². The van der Waals surface area contributed by atoms with Gasteiger partial charge in [0, 0.05) is 29.8 Å². The van der Waals surface area contributed by atoms with Crippen molar-refractivity contribution in [1.82, 2.24) is 15.1 Å². The van der Waals surface area contributed by atoms with Crippen molar-refractivity contribution in [3.05, 3.63) is 60.2 Å². The normalized spacial score (nSPS) is 19.9. The van der Waals surface area contributed by atoms with Crippen molar-refractivity contribution in [3.63, 3.8) is 0 Å². The van der Waals surface area contributed by atoms with Crippen LogP contribution < -0.4 is 0 Å². The highest BCUT2D eigenvalue weighted by Gasteiger charge is 2.26. The van der Waals surface area contributed by atoms with E-state index in [0.29, 0.717) is 30.4 Å². The second kappa shape index (κ2) is 7.32. The van der Waals surface area contributed by atoms with Gasteiger partial charge in [0.05, 0.1) is 12.2 Å². The van der Waals surface area contributed by atoms with E-state index in [9.17, 15) is 4.79 Å². The van der Waals surface area contributed by atoms with Gasteiger partial charge in [-0.25, -0.2) is 0 Å². The maximum absolute atomic E-state index is 12.7. The molecule has 0 unspecified atom stereocenters. The van der Waals surface area contributed by atoms with Gasteiger partial charge in [0.25, 0.3) is 5.91 Å². The molecule has 0 N–H and O–H groups in total. The summed E-state index contributed by atoms with van der Waals surface area (Å²) in [5.74, 6) is 0.919. The van der Waals surface area contributed by atoms with Crippen molar-refractivity contribution in [2.24, 2.45) is 0 Å². The van der Waals surface area contributed by atoms with Crippen molar-refractivity contribution in [2.45, 2.75) is 26.1 Å². The molecule has 1 fully saturated rings. The number of carbonyl (C=O) groups excluding carboxylic acids is 1. The Morgan fingerprint density at radius 3 is 2.04 bits per heavy atom. The van der Waals surface area contributed by atoms with Crippen molar-refractivity contribution in [2.75, 3.05) is 13.1 Å². The summed E-state index contributed by atoms with van der Waals surface area (Å²) < 4.78 is 11.5. The van der Waals surface area contributed by atoms with Crippen LogP contribution in [-0.2, 0) is 4.74 Å². The predicted octanol–water partition coefficient (Wildman–Crippen LogP) is 3.65. The van der Waals surface area contributed by atoms with Gasteiger partial charge in [-0.1, -0.05) is 18.2 Å². The molecule has 2 atom stereocenters. The Morgan fingerprint density at radius 2 is 1.44 bits per heavy atom. The smallest absolute Gasteiger partial charge is 0.254 e. The molecule has 2 heterocycles. The van der Waals surface area contributed by atoms with Crippen LogP contribution in [0.15, 0.2) is 59.0 Å². The van der Waals surface area contributed by atoms with Crippen molar-refractivity contribution < 1.29 is 13.9 Å². The Labute approximate surface area is 157 Å². The maximum atomic E-state index is 12.7. The van der Waals surface area contributed by atoms with E-state index in [1.807, 2.05) is 61.2 Å². The molecule has 0 spiro atoms. The molecule has 6 heteroatoms. The molecular formula is C21H21N3O3. The van der Waals surface area contributed by atoms with Crippen LogP contribution in [0.2, 0.25) is 0 Å². The first kappa shape index (κ1) is 17.4. The Bertz CT molecular complexity index is 911. The van der Waals surface area contributed by atoms with Gasteiger partial charge < -0.3 is 14.1 Å². The number of morpholine rings is 1. The average Bonchev–Trinajstić information content (AvgIpc) is 3.18. The second-order valence-corrected chi connectivity index (χ2v) is 6.82. The van der Waals surface area contributed by atoms with Gasteiger partial charge in [-0.3, -0.25) is 4.79 Å². The highest BCUT2D eigenvalue weighted by atomic mass is 16.5. The van der Waals surface area contributed by atoms with Crippen LogP contribution in [0.3, 0.4) is 0 Å². The van der Waals surface area contributed by atoms with Gasteiger partial charge in [0.15, 0.2) is 0 Å². The number of nitrogens with zero attached hydrogens (tertiary/aromatic N) is 3. The highest BCUT2D eigenvalue weighted by molar-refractivity contribution is 5.94. The second-order valence-electron chi connectivity index (χ2n) is 6.82. The summed E-state index contributed by atoms with van der Waals surface area (Å²) in [4.78, 5) is 14.6. The molecule has 1 aliphatic rings. The molecule has 27 heavy (non-hydrogen) atoms. The van der Waals surface area contributed by atoms with E-state index >= 15 is 0 Å². The van der Waals surface area contributed by atoms with Gasteiger partial charge in [0.2, 0.25) is 11.8 Å². The fourth-order valence-corrected chi connectivity index (χ4v) is 3.32. The topological polar surface area (TPSA) is 68.5 Å². The molecular weight excluding hydrogens is 342 g/mol. The molecule has 0 bridgehead atoms. The lowest BCUT2D eigenvalue weighted by atomic mass is 10.1. The van der Waals surface area contributed by atoms with Crippen molar-refractivity contribution in [3.8, 4) is 22.9 Å². The molecule has 6 nitrogen and oxygen atoms in total. The quantitative estimate of drug-likeness (QED) is 0.710. The highest BCUT2D eigenvalue weighted by Crippen LogP contribution is 2.24. The average molecular weight is 363 g/mol. The van der Waals surface area contributed by atoms with Gasteiger partial charge >= 0.3 is 0 Å². The SMILES string of the molecule is C[C@@H]1CN(C(=O)c2ccc(-c3nnc(-c4ccccc4)o3)cc2)C[C@H](C)O1. The number of benzene rings is 2. The molecule has 1 saturated heterocycles. The third kappa shape index (κ3) is 3.75. The molecule has 2 aromatic carbocycles. The van der Waals surface area contributed by atoms with Gasteiger partial charge in [-0.15, -0.1) is 10.2 Å². The number of aromatic nitrogens is 2. The van der Waals surface area contributed by atoms with E-state index in [-0.39, 0.29) is 18.1 Å². The summed E-state index contributed by atoms with van der Waals surface area (Å²) in [6.07, 6.45) is 0.0959. The largest absolute Gasteiger partial charge is 0.416 e. The predicted molar refractivity (Wildman–Crippen MR) is 101 cm³/mol. The van der Waals surface area contributed by atoms with Gasteiger partial charge in [0.1, 0.15) is 0 Å². The molecule has 4 rings (SSSR count). The molecule has 1 aliphatic heterocycles. The lowest BCUT2D eigenvalue weighted by molar-refractivity contribution is -0.0586. The number of hydrogen-bond donors (Lipinski definition) is 0. The summed E-state index contributed by atoms with van der Waals surface area (Å²) in [5.41, 5.74) is 2.30. The number of rotatable bonds is 3. The number of hydrogen-bond acceptors (Lipinski definition) is 5. The number of ether oxygens (including phenoxy) is 1. The van der Waals surface area contributed by atoms with Crippen LogP contribution >= 0.6 is 0 Å². The summed E-state index contributed by atoms with van der Waals surface area (Å²) in [6, 6.07) is 16.9. The summed E-state index contributed by atoms with van der Waals surface area (Å²) in [6.45, 7) is 5.18. The molecule has 1 aromatic heterocycles. The number of amides is 1. The molecule has 138 valence electrons. The zero-order valence-corrected chi connectivity index (χ0v) is 15.3. The van der Waals surface area contributed by atoms with Crippen LogP contribution in [0.4, 0.5) is 0 Å². The molecule has 3 aromatic rings. The summed E-state index contributed by atoms with van der Waals surface area (Å²) >= 11 is 0. The number of carbonyl (C=O) groups is 1. The Morgan fingerprint density at radius 1 is 0.889 bits per heavy atom. The third-order valence-corrected chi connectivity index (χ3v) is 4.53. The first-order valence-corrected chi connectivity index (χ1v) is 9.04. The van der Waals surface area contributed by atoms with E-state index in [4.69, 9.17) is 9.15 Å². The maximum Gasteiger partial charge on any atom is 0.254 e. The standard InChI is InChI=1S/C21H21N3O3/c1-14-12-24(13-15(2)26-14)21(25)18-10-8-17(9-11-18)20-23-22-19(27-20)16-6-4-3-5-7-16/h3-11,14-15H,12-13H2,1-2H3/t14-,15+. The molecule has 1 amide bonds. The first-order chi connectivity index (χ1) is 13.1. The Kier molecular flexibility index (Phi) is 4.73. The monoisotopic (exact) mass is 363 g/mol. The summed E-state index contributed by atoms with van der Waals surface area (Å²) in [7, 11) is 0. The van der Waals surface area contributed by atoms with Gasteiger partial charge in [-0.05, 0) is 50.2 Å². The van der Waals surface area contributed by atoms with E-state index in [1.54, 1.807) is 12.1 Å². The zero-order valence-electron chi connectivity index (χ0n) is 15.3. The molecule has 0 saturated carbocycles. The first-order valence-electron chi connectivity index (χ1n) is 9.04. The van der Waals surface area contributed by atoms with Crippen LogP contribution in [0.25, 0.3) is 22.9 Å². The summed E-state index contributed by atoms with van der Waals surface area (Å²) in [5, 5.41) is 8.22. The molecule has 0 radical (unpaired) electrons. The lowest BCUT2D eigenvalue weighted by Crippen LogP contribution is -2.48. The van der Waals surface area contributed by atoms with Crippen LogP contribution in [-0.4, -0.2) is 46.3 Å². The molecule has 0 aliphatic carbocycles. The van der Waals surface area contributed by atoms with Crippen molar-refractivity contribution in [1.29, 1.82) is 0 Å². The zero-order chi connectivity index (χ0) is 18.8. The van der Waals surface area contributed by atoms with E-state index in [2.05, 4.69) is 10.2 Å². The van der Waals surface area contributed by atoms with Crippen LogP contribution in [0.5, 0.6) is 0 Å². The third-order valence-electron chi connectivity index (χ3n) is 4.53. The fraction of sp³-hybridized carbons (Fsp3) is 0.286. The van der Waals surface area contributed by atoms with E-state index in [0.717, 1.165) is 11.1 Å². The minimum absolute atomic E-state index is 0.0130. The van der Waals surface area contributed by atoms with E-state index < -0.39 is 0 Å². The van der Waals surface area contributed by atoms with Crippen LogP contribution in [0.1, 0.15) is 24.2 Å². The van der Waals surface area contributed by atoms with Gasteiger partial charge in [-0.2, -0.15) is 0 Å². The Balaban J connectivity index is 1.51. The minimum atomic E-state index is 0.0130. The Hall–Kier alpha value is -2.99. The lowest BCUT2D eigenvalue weighted by Gasteiger charge is -2.35. The van der Waals surface area contributed by atoms with Crippen LogP contribution in [0, 0.1) is 0 Å².